The molecule has 0 saturated carbocycles. The summed E-state index contributed by atoms with van der Waals surface area (Å²) in [5.41, 5.74) is 0. The zero-order chi connectivity index (χ0) is 15.1. The number of anilines is 2. The predicted molar refractivity (Wildman–Crippen MR) is 84.1 cm³/mol. The SMILES string of the molecule is COCCN(C)CCNc1nc(Cl)nc(N2CCCC2)n1. The van der Waals surface area contributed by atoms with E-state index in [-0.39, 0.29) is 5.28 Å². The number of hydrogen-bond donors (Lipinski definition) is 1. The molecule has 1 N–H and O–H groups in total. The summed E-state index contributed by atoms with van der Waals surface area (Å²) in [5, 5.41) is 3.44. The number of aromatic nitrogens is 3. The van der Waals surface area contributed by atoms with Gasteiger partial charge in [0.15, 0.2) is 0 Å². The van der Waals surface area contributed by atoms with Gasteiger partial charge in [0.25, 0.3) is 0 Å². The van der Waals surface area contributed by atoms with Crippen molar-refractivity contribution in [3.63, 3.8) is 0 Å². The van der Waals surface area contributed by atoms with Crippen LogP contribution in [0.1, 0.15) is 12.8 Å². The fourth-order valence-corrected chi connectivity index (χ4v) is 2.35. The van der Waals surface area contributed by atoms with Crippen molar-refractivity contribution in [3.05, 3.63) is 5.28 Å². The van der Waals surface area contributed by atoms with E-state index in [0.717, 1.165) is 39.3 Å². The van der Waals surface area contributed by atoms with Crippen molar-refractivity contribution >= 4 is 23.5 Å². The van der Waals surface area contributed by atoms with Crippen molar-refractivity contribution < 1.29 is 4.74 Å². The van der Waals surface area contributed by atoms with E-state index in [1.165, 1.54) is 12.8 Å². The molecule has 8 heteroatoms. The van der Waals surface area contributed by atoms with Crippen LogP contribution in [0.3, 0.4) is 0 Å². The first-order valence-corrected chi connectivity index (χ1v) is 7.64. The van der Waals surface area contributed by atoms with Crippen LogP contribution in [0.15, 0.2) is 0 Å². The highest BCUT2D eigenvalue weighted by molar-refractivity contribution is 6.28. The molecular weight excluding hydrogens is 292 g/mol. The molecule has 1 aliphatic heterocycles. The molecule has 0 spiro atoms. The largest absolute Gasteiger partial charge is 0.383 e. The Labute approximate surface area is 130 Å². The van der Waals surface area contributed by atoms with Crippen LogP contribution in [0.25, 0.3) is 0 Å². The van der Waals surface area contributed by atoms with Crippen LogP contribution < -0.4 is 10.2 Å². The molecule has 1 aromatic rings. The van der Waals surface area contributed by atoms with E-state index in [1.54, 1.807) is 7.11 Å². The van der Waals surface area contributed by atoms with E-state index < -0.39 is 0 Å². The molecule has 0 aromatic carbocycles. The van der Waals surface area contributed by atoms with E-state index in [4.69, 9.17) is 16.3 Å². The van der Waals surface area contributed by atoms with Crippen molar-refractivity contribution in [1.29, 1.82) is 0 Å². The fraction of sp³-hybridized carbons (Fsp3) is 0.769. The van der Waals surface area contributed by atoms with Crippen molar-refractivity contribution in [2.75, 3.05) is 63.7 Å². The molecule has 0 amide bonds. The predicted octanol–water partition coefficient (Wildman–Crippen LogP) is 1.12. The lowest BCUT2D eigenvalue weighted by atomic mass is 10.4. The maximum atomic E-state index is 5.98. The molecule has 1 aliphatic rings. The number of ether oxygens (including phenoxy) is 1. The van der Waals surface area contributed by atoms with Gasteiger partial charge in [-0.15, -0.1) is 0 Å². The topological polar surface area (TPSA) is 66.4 Å². The maximum Gasteiger partial charge on any atom is 0.231 e. The first-order valence-electron chi connectivity index (χ1n) is 7.27. The van der Waals surface area contributed by atoms with Gasteiger partial charge in [0.2, 0.25) is 17.2 Å². The van der Waals surface area contributed by atoms with Crippen LogP contribution in [-0.2, 0) is 4.74 Å². The zero-order valence-corrected chi connectivity index (χ0v) is 13.4. The molecule has 2 rings (SSSR count). The van der Waals surface area contributed by atoms with Crippen LogP contribution in [0.2, 0.25) is 5.28 Å². The second-order valence-corrected chi connectivity index (χ2v) is 5.48. The van der Waals surface area contributed by atoms with Crippen molar-refractivity contribution in [2.45, 2.75) is 12.8 Å². The molecule has 0 unspecified atom stereocenters. The van der Waals surface area contributed by atoms with E-state index in [2.05, 4.69) is 37.1 Å². The summed E-state index contributed by atoms with van der Waals surface area (Å²) >= 11 is 5.98. The molecule has 0 bridgehead atoms. The smallest absolute Gasteiger partial charge is 0.231 e. The highest BCUT2D eigenvalue weighted by Gasteiger charge is 2.16. The van der Waals surface area contributed by atoms with Crippen molar-refractivity contribution in [1.82, 2.24) is 19.9 Å². The Kier molecular flexibility index (Phi) is 6.41. The standard InChI is InChI=1S/C13H23ClN6O/c1-19(9-10-21-2)8-5-15-12-16-11(14)17-13(18-12)20-6-3-4-7-20/h3-10H2,1-2H3,(H,15,16,17,18). The molecule has 21 heavy (non-hydrogen) atoms. The summed E-state index contributed by atoms with van der Waals surface area (Å²) in [6.45, 7) is 5.23. The number of hydrogen-bond acceptors (Lipinski definition) is 7. The summed E-state index contributed by atoms with van der Waals surface area (Å²) in [5.74, 6) is 1.21. The highest BCUT2D eigenvalue weighted by Crippen LogP contribution is 2.18. The van der Waals surface area contributed by atoms with Gasteiger partial charge >= 0.3 is 0 Å². The first kappa shape index (κ1) is 16.2. The minimum absolute atomic E-state index is 0.238. The maximum absolute atomic E-state index is 5.98. The summed E-state index contributed by atoms with van der Waals surface area (Å²) < 4.78 is 5.05. The van der Waals surface area contributed by atoms with E-state index in [9.17, 15) is 0 Å². The minimum atomic E-state index is 0.238. The summed E-state index contributed by atoms with van der Waals surface area (Å²) in [6, 6.07) is 0. The number of methoxy groups -OCH3 is 1. The van der Waals surface area contributed by atoms with E-state index in [0.29, 0.717) is 11.9 Å². The molecule has 0 radical (unpaired) electrons. The second-order valence-electron chi connectivity index (χ2n) is 5.15. The molecule has 2 heterocycles. The van der Waals surface area contributed by atoms with Crippen LogP contribution in [-0.4, -0.2) is 73.3 Å². The van der Waals surface area contributed by atoms with Gasteiger partial charge in [-0.05, 0) is 31.5 Å². The van der Waals surface area contributed by atoms with Gasteiger partial charge in [-0.1, -0.05) is 0 Å². The Bertz CT molecular complexity index is 441. The lowest BCUT2D eigenvalue weighted by Crippen LogP contribution is -2.29. The Balaban J connectivity index is 1.85. The number of halogens is 1. The van der Waals surface area contributed by atoms with Gasteiger partial charge < -0.3 is 19.9 Å². The van der Waals surface area contributed by atoms with Gasteiger partial charge in [-0.3, -0.25) is 0 Å². The molecule has 0 aliphatic carbocycles. The lowest BCUT2D eigenvalue weighted by Gasteiger charge is -2.17. The first-order chi connectivity index (χ1) is 10.2. The third-order valence-electron chi connectivity index (χ3n) is 3.44. The number of nitrogens with one attached hydrogen (secondary N) is 1. The molecular formula is C13H23ClN6O. The minimum Gasteiger partial charge on any atom is -0.383 e. The van der Waals surface area contributed by atoms with Gasteiger partial charge in [-0.25, -0.2) is 0 Å². The third kappa shape index (κ3) is 5.26. The number of likely N-dealkylation sites (N-methyl/N-ethyl adjacent to an activating group) is 1. The van der Waals surface area contributed by atoms with Crippen LogP contribution in [0, 0.1) is 0 Å². The van der Waals surface area contributed by atoms with Gasteiger partial charge in [0.1, 0.15) is 0 Å². The Morgan fingerprint density at radius 1 is 1.24 bits per heavy atom. The molecule has 1 aromatic heterocycles. The Morgan fingerprint density at radius 2 is 2.00 bits per heavy atom. The average Bonchev–Trinajstić information content (AvgIpc) is 2.99. The molecule has 118 valence electrons. The van der Waals surface area contributed by atoms with Crippen molar-refractivity contribution in [3.8, 4) is 0 Å². The van der Waals surface area contributed by atoms with Crippen LogP contribution >= 0.6 is 11.6 Å². The number of rotatable bonds is 8. The average molecular weight is 315 g/mol. The number of nitrogens with zero attached hydrogens (tertiary/aromatic N) is 5. The molecule has 0 atom stereocenters. The third-order valence-corrected chi connectivity index (χ3v) is 3.61. The van der Waals surface area contributed by atoms with Crippen molar-refractivity contribution in [2.24, 2.45) is 0 Å². The summed E-state index contributed by atoms with van der Waals surface area (Å²) in [4.78, 5) is 17.1. The monoisotopic (exact) mass is 314 g/mol. The van der Waals surface area contributed by atoms with Gasteiger partial charge in [0.05, 0.1) is 6.61 Å². The van der Waals surface area contributed by atoms with Gasteiger partial charge in [-0.2, -0.15) is 15.0 Å². The second kappa shape index (κ2) is 8.31. The fourth-order valence-electron chi connectivity index (χ4n) is 2.19. The summed E-state index contributed by atoms with van der Waals surface area (Å²) in [6.07, 6.45) is 2.35. The highest BCUT2D eigenvalue weighted by atomic mass is 35.5. The van der Waals surface area contributed by atoms with Crippen LogP contribution in [0.5, 0.6) is 0 Å². The normalized spacial score (nSPS) is 15.0. The van der Waals surface area contributed by atoms with E-state index in [1.807, 2.05) is 0 Å². The van der Waals surface area contributed by atoms with Gasteiger partial charge in [0, 0.05) is 39.8 Å². The molecule has 7 nitrogen and oxygen atoms in total. The quantitative estimate of drug-likeness (QED) is 0.771. The van der Waals surface area contributed by atoms with Crippen LogP contribution in [0.4, 0.5) is 11.9 Å². The lowest BCUT2D eigenvalue weighted by molar-refractivity contribution is 0.163. The Morgan fingerprint density at radius 3 is 2.71 bits per heavy atom. The zero-order valence-electron chi connectivity index (χ0n) is 12.7. The summed E-state index contributed by atoms with van der Waals surface area (Å²) in [7, 11) is 3.76. The Hall–Kier alpha value is -1.18. The van der Waals surface area contributed by atoms with E-state index >= 15 is 0 Å². The molecule has 1 saturated heterocycles. The molecule has 1 fully saturated rings.